The molecule has 0 atom stereocenters. The van der Waals surface area contributed by atoms with Gasteiger partial charge in [-0.3, -0.25) is 10.00 Å². The number of fused-ring (bicyclic) bond motifs is 1. The number of benzene rings is 3. The zero-order valence-electron chi connectivity index (χ0n) is 24.8. The number of H-pyrrole nitrogens is 1. The zero-order valence-corrected chi connectivity index (χ0v) is 26.3. The summed E-state index contributed by atoms with van der Waals surface area (Å²) in [5.41, 5.74) is 6.51. The van der Waals surface area contributed by atoms with Gasteiger partial charge in [-0.05, 0) is 66.1 Å². The third-order valence-corrected chi connectivity index (χ3v) is 9.18. The van der Waals surface area contributed by atoms with E-state index < -0.39 is 5.97 Å². The van der Waals surface area contributed by atoms with Crippen molar-refractivity contribution >= 4 is 51.3 Å². The summed E-state index contributed by atoms with van der Waals surface area (Å²) in [5, 5.41) is 9.16. The lowest BCUT2D eigenvalue weighted by molar-refractivity contribution is 0.0598. The highest BCUT2D eigenvalue weighted by atomic mass is 35.5. The Morgan fingerprint density at radius 3 is 2.53 bits per heavy atom. The molecule has 1 aliphatic carbocycles. The van der Waals surface area contributed by atoms with Crippen LogP contribution in [-0.4, -0.2) is 60.9 Å². The Morgan fingerprint density at radius 2 is 1.79 bits per heavy atom. The number of nitrogens with one attached hydrogen (secondary N) is 1. The van der Waals surface area contributed by atoms with E-state index in [1.165, 1.54) is 30.2 Å². The van der Waals surface area contributed by atoms with Gasteiger partial charge in [-0.25, -0.2) is 4.79 Å². The quantitative estimate of drug-likeness (QED) is 0.210. The van der Waals surface area contributed by atoms with Crippen LogP contribution in [0.2, 0.25) is 10.0 Å². The van der Waals surface area contributed by atoms with Crippen LogP contribution in [-0.2, 0) is 4.74 Å². The second kappa shape index (κ2) is 12.2. The number of carbonyl (C=O) groups is 1. The summed E-state index contributed by atoms with van der Waals surface area (Å²) in [6.45, 7) is 9.11. The highest BCUT2D eigenvalue weighted by Crippen LogP contribution is 2.44. The molecule has 7 nitrogen and oxygen atoms in total. The summed E-state index contributed by atoms with van der Waals surface area (Å²) in [6, 6.07) is 17.4. The average molecular weight is 620 g/mol. The number of halogens is 2. The predicted octanol–water partition coefficient (Wildman–Crippen LogP) is 8.23. The molecule has 9 heteroatoms. The van der Waals surface area contributed by atoms with Crippen molar-refractivity contribution in [1.29, 1.82) is 0 Å². The molecule has 3 aromatic carbocycles. The van der Waals surface area contributed by atoms with Crippen molar-refractivity contribution < 1.29 is 14.3 Å². The number of hydrogen-bond acceptors (Lipinski definition) is 6. The minimum Gasteiger partial charge on any atom is -0.465 e. The Labute approximate surface area is 262 Å². The highest BCUT2D eigenvalue weighted by molar-refractivity contribution is 6.33. The van der Waals surface area contributed by atoms with Crippen molar-refractivity contribution in [3.63, 3.8) is 0 Å². The first-order chi connectivity index (χ1) is 20.7. The SMILES string of the molecule is COC(=O)c1cc(Cl)c(N2CCN(CC3=C(c4ccc(Cl)cc4)CC(C)(C)CC3)CC2)cc1Oc1cccc2[nH]ncc12. The summed E-state index contributed by atoms with van der Waals surface area (Å²) in [4.78, 5) is 17.5. The van der Waals surface area contributed by atoms with Gasteiger partial charge in [0.1, 0.15) is 17.1 Å². The predicted molar refractivity (Wildman–Crippen MR) is 174 cm³/mol. The van der Waals surface area contributed by atoms with Crippen molar-refractivity contribution in [2.75, 3.05) is 44.7 Å². The topological polar surface area (TPSA) is 70.7 Å². The van der Waals surface area contributed by atoms with E-state index in [1.54, 1.807) is 12.3 Å². The van der Waals surface area contributed by atoms with Gasteiger partial charge in [0.2, 0.25) is 0 Å². The van der Waals surface area contributed by atoms with Crippen LogP contribution < -0.4 is 9.64 Å². The van der Waals surface area contributed by atoms with Gasteiger partial charge in [0, 0.05) is 43.8 Å². The normalized spacial score (nSPS) is 17.4. The fraction of sp³-hybridized carbons (Fsp3) is 0.353. The first kappa shape index (κ1) is 29.5. The Balaban J connectivity index is 1.22. The van der Waals surface area contributed by atoms with Gasteiger partial charge in [0.15, 0.2) is 0 Å². The number of anilines is 1. The first-order valence-corrected chi connectivity index (χ1v) is 15.4. The molecule has 2 aliphatic rings. The second-order valence-corrected chi connectivity index (χ2v) is 13.0. The van der Waals surface area contributed by atoms with Crippen molar-refractivity contribution in [2.24, 2.45) is 5.41 Å². The van der Waals surface area contributed by atoms with Crippen LogP contribution in [0.4, 0.5) is 5.69 Å². The Bertz CT molecular complexity index is 1670. The lowest BCUT2D eigenvalue weighted by Gasteiger charge is -2.39. The minimum atomic E-state index is -0.506. The van der Waals surface area contributed by atoms with Crippen LogP contribution >= 0.6 is 23.2 Å². The number of hydrogen-bond donors (Lipinski definition) is 1. The maximum absolute atomic E-state index is 12.7. The molecule has 1 aromatic heterocycles. The molecular weight excluding hydrogens is 583 g/mol. The number of carbonyl (C=O) groups excluding carboxylic acids is 1. The number of rotatable bonds is 7. The maximum Gasteiger partial charge on any atom is 0.341 e. The molecule has 1 fully saturated rings. The van der Waals surface area contributed by atoms with E-state index >= 15 is 0 Å². The van der Waals surface area contributed by atoms with Gasteiger partial charge >= 0.3 is 5.97 Å². The number of methoxy groups -OCH3 is 1. The standard InChI is InChI=1S/C34H36Cl2N4O3/c1-34(2)12-11-23(26(19-34)22-7-9-24(35)10-8-22)21-39-13-15-40(16-14-39)30-18-32(25(17-28(30)36)33(41)42-3)43-31-6-4-5-29-27(31)20-37-38-29/h4-10,17-18,20H,11-16,19,21H2,1-3H3,(H,37,38). The molecule has 0 unspecified atom stereocenters. The fourth-order valence-corrected chi connectivity index (χ4v) is 6.58. The molecule has 0 spiro atoms. The molecule has 0 amide bonds. The van der Waals surface area contributed by atoms with Gasteiger partial charge < -0.3 is 14.4 Å². The minimum absolute atomic E-state index is 0.275. The van der Waals surface area contributed by atoms with Crippen LogP contribution in [0.25, 0.3) is 16.5 Å². The second-order valence-electron chi connectivity index (χ2n) is 12.2. The molecular formula is C34H36Cl2N4O3. The smallest absolute Gasteiger partial charge is 0.341 e. The molecule has 1 aliphatic heterocycles. The van der Waals surface area contributed by atoms with Gasteiger partial charge in [-0.2, -0.15) is 5.10 Å². The zero-order chi connectivity index (χ0) is 30.1. The fourth-order valence-electron chi connectivity index (χ4n) is 6.17. The molecule has 2 heterocycles. The van der Waals surface area contributed by atoms with E-state index in [4.69, 9.17) is 32.7 Å². The maximum atomic E-state index is 12.7. The van der Waals surface area contributed by atoms with Crippen LogP contribution in [0.15, 0.2) is 66.4 Å². The van der Waals surface area contributed by atoms with E-state index in [1.807, 2.05) is 36.4 Å². The van der Waals surface area contributed by atoms with Crippen LogP contribution in [0.5, 0.6) is 11.5 Å². The van der Waals surface area contributed by atoms with Crippen LogP contribution in [0, 0.1) is 5.41 Å². The van der Waals surface area contributed by atoms with Crippen molar-refractivity contribution in [1.82, 2.24) is 15.1 Å². The molecule has 0 bridgehead atoms. The third-order valence-electron chi connectivity index (χ3n) is 8.62. The number of nitrogens with zero attached hydrogens (tertiary/aromatic N) is 3. The number of esters is 1. The summed E-state index contributed by atoms with van der Waals surface area (Å²) >= 11 is 13.0. The van der Waals surface area contributed by atoms with E-state index in [0.29, 0.717) is 16.5 Å². The summed E-state index contributed by atoms with van der Waals surface area (Å²) in [6.07, 6.45) is 5.08. The van der Waals surface area contributed by atoms with E-state index in [2.05, 4.69) is 46.0 Å². The molecule has 0 radical (unpaired) electrons. The van der Waals surface area contributed by atoms with Crippen molar-refractivity contribution in [2.45, 2.75) is 33.1 Å². The largest absolute Gasteiger partial charge is 0.465 e. The molecule has 1 N–H and O–H groups in total. The van der Waals surface area contributed by atoms with Gasteiger partial charge in [-0.15, -0.1) is 0 Å². The van der Waals surface area contributed by atoms with Gasteiger partial charge in [0.05, 0.1) is 34.9 Å². The molecule has 4 aromatic rings. The molecule has 1 saturated heterocycles. The van der Waals surface area contributed by atoms with E-state index in [-0.39, 0.29) is 11.0 Å². The third kappa shape index (κ3) is 6.40. The number of aromatic amines is 1. The monoisotopic (exact) mass is 618 g/mol. The molecule has 43 heavy (non-hydrogen) atoms. The number of allylic oxidation sites excluding steroid dienone is 1. The van der Waals surface area contributed by atoms with Gasteiger partial charge in [-0.1, -0.05) is 60.8 Å². The Kier molecular flexibility index (Phi) is 8.40. The number of piperazine rings is 1. The molecule has 0 saturated carbocycles. The molecule has 6 rings (SSSR count). The van der Waals surface area contributed by atoms with Crippen LogP contribution in [0.3, 0.4) is 0 Å². The number of aromatic nitrogens is 2. The lowest BCUT2D eigenvalue weighted by atomic mass is 9.72. The number of ether oxygens (including phenoxy) is 2. The lowest BCUT2D eigenvalue weighted by Crippen LogP contribution is -2.47. The van der Waals surface area contributed by atoms with Crippen LogP contribution in [0.1, 0.15) is 49.0 Å². The summed E-state index contributed by atoms with van der Waals surface area (Å²) in [7, 11) is 1.35. The molecule has 224 valence electrons. The van der Waals surface area contributed by atoms with E-state index in [9.17, 15) is 4.79 Å². The average Bonchev–Trinajstić information content (AvgIpc) is 3.49. The van der Waals surface area contributed by atoms with Crippen molar-refractivity contribution in [3.05, 3.63) is 87.5 Å². The summed E-state index contributed by atoms with van der Waals surface area (Å²) in [5.74, 6) is 0.480. The highest BCUT2D eigenvalue weighted by Gasteiger charge is 2.30. The van der Waals surface area contributed by atoms with Gasteiger partial charge in [0.25, 0.3) is 0 Å². The Morgan fingerprint density at radius 1 is 1.02 bits per heavy atom. The first-order valence-electron chi connectivity index (χ1n) is 14.7. The van der Waals surface area contributed by atoms with Crippen molar-refractivity contribution in [3.8, 4) is 11.5 Å². The van der Waals surface area contributed by atoms with E-state index in [0.717, 1.165) is 67.2 Å². The Hall–Kier alpha value is -3.52. The summed E-state index contributed by atoms with van der Waals surface area (Å²) < 4.78 is 11.4.